The summed E-state index contributed by atoms with van der Waals surface area (Å²) in [7, 11) is 0. The van der Waals surface area contributed by atoms with Gasteiger partial charge in [0.25, 0.3) is 0 Å². The number of hydrogen-bond acceptors (Lipinski definition) is 5. The Morgan fingerprint density at radius 3 is 2.22 bits per heavy atom. The van der Waals surface area contributed by atoms with Gasteiger partial charge in [-0.05, 0) is 69.2 Å². The number of nitrogens with one attached hydrogen (secondary N) is 1. The van der Waals surface area contributed by atoms with E-state index in [0.29, 0.717) is 16.3 Å². The summed E-state index contributed by atoms with van der Waals surface area (Å²) >= 11 is 6.67. The Morgan fingerprint density at radius 1 is 0.854 bits per heavy atom. The second kappa shape index (κ2) is 12.1. The van der Waals surface area contributed by atoms with Gasteiger partial charge in [-0.3, -0.25) is 0 Å². The van der Waals surface area contributed by atoms with Gasteiger partial charge >= 0.3 is 5.97 Å². The molecule has 1 atom stereocenters. The molecule has 0 amide bonds. The maximum absolute atomic E-state index is 12.4. The first-order valence-electron chi connectivity index (χ1n) is 14.2. The Morgan fingerprint density at radius 2 is 1.54 bits per heavy atom. The van der Waals surface area contributed by atoms with Crippen LogP contribution in [0.4, 0.5) is 17.1 Å². The molecule has 0 bridgehead atoms. The van der Waals surface area contributed by atoms with Crippen molar-refractivity contribution in [2.45, 2.75) is 33.7 Å². The van der Waals surface area contributed by atoms with Gasteiger partial charge in [-0.15, -0.1) is 0 Å². The lowest BCUT2D eigenvalue weighted by molar-refractivity contribution is 0.0697. The number of para-hydroxylation sites is 2. The quantitative estimate of drug-likeness (QED) is 0.199. The fourth-order valence-corrected chi connectivity index (χ4v) is 5.93. The highest BCUT2D eigenvalue weighted by Crippen LogP contribution is 2.53. The molecule has 0 fully saturated rings. The molecule has 1 aliphatic rings. The molecule has 0 aliphatic carbocycles. The van der Waals surface area contributed by atoms with Crippen LogP contribution >= 0.6 is 11.6 Å². The van der Waals surface area contributed by atoms with E-state index < -0.39 is 5.97 Å². The lowest BCUT2D eigenvalue weighted by atomic mass is 9.85. The first-order valence-corrected chi connectivity index (χ1v) is 14.6. The average molecular weight is 570 g/mol. The fraction of sp³-hybridized carbons (Fsp3) is 0.265. The number of carbonyl (C=O) groups is 1. The number of carboxylic acids is 1. The van der Waals surface area contributed by atoms with Crippen LogP contribution in [0.25, 0.3) is 11.1 Å². The zero-order valence-corrected chi connectivity index (χ0v) is 24.7. The lowest BCUT2D eigenvalue weighted by Gasteiger charge is -2.36. The molecule has 212 valence electrons. The van der Waals surface area contributed by atoms with E-state index in [4.69, 9.17) is 16.3 Å². The third-order valence-electron chi connectivity index (χ3n) is 7.82. The van der Waals surface area contributed by atoms with Crippen molar-refractivity contribution in [3.8, 4) is 22.6 Å². The first-order chi connectivity index (χ1) is 19.9. The van der Waals surface area contributed by atoms with Crippen LogP contribution in [0.15, 0.2) is 78.9 Å². The van der Waals surface area contributed by atoms with Crippen LogP contribution in [0, 0.1) is 0 Å². The Kier molecular flexibility index (Phi) is 8.41. The topological polar surface area (TPSA) is 65.0 Å². The van der Waals surface area contributed by atoms with Gasteiger partial charge in [0.05, 0.1) is 28.0 Å². The van der Waals surface area contributed by atoms with E-state index in [-0.39, 0.29) is 11.6 Å². The molecular weight excluding hydrogens is 534 g/mol. The van der Waals surface area contributed by atoms with Crippen LogP contribution in [0.3, 0.4) is 0 Å². The molecule has 0 saturated heterocycles. The fourth-order valence-electron chi connectivity index (χ4n) is 5.74. The summed E-state index contributed by atoms with van der Waals surface area (Å²) in [6.07, 6.45) is 0. The highest BCUT2D eigenvalue weighted by atomic mass is 35.5. The van der Waals surface area contributed by atoms with Crippen molar-refractivity contribution in [3.05, 3.63) is 101 Å². The maximum atomic E-state index is 12.4. The van der Waals surface area contributed by atoms with E-state index in [9.17, 15) is 9.90 Å². The smallest absolute Gasteiger partial charge is 0.336 e. The van der Waals surface area contributed by atoms with Gasteiger partial charge in [0, 0.05) is 49.1 Å². The number of halogens is 1. The third kappa shape index (κ3) is 5.32. The molecule has 6 nitrogen and oxygen atoms in total. The second-order valence-corrected chi connectivity index (χ2v) is 10.4. The van der Waals surface area contributed by atoms with E-state index >= 15 is 0 Å². The van der Waals surface area contributed by atoms with Crippen LogP contribution in [0.2, 0.25) is 5.02 Å². The maximum Gasteiger partial charge on any atom is 0.336 e. The molecule has 41 heavy (non-hydrogen) atoms. The van der Waals surface area contributed by atoms with Crippen molar-refractivity contribution in [2.24, 2.45) is 0 Å². The molecule has 1 unspecified atom stereocenters. The number of nitrogens with zero attached hydrogens (tertiary/aromatic N) is 2. The number of fused-ring (bicyclic) bond motifs is 2. The van der Waals surface area contributed by atoms with Gasteiger partial charge in [0.15, 0.2) is 5.75 Å². The van der Waals surface area contributed by atoms with Gasteiger partial charge < -0.3 is 25.0 Å². The predicted octanol–water partition coefficient (Wildman–Crippen LogP) is 8.70. The van der Waals surface area contributed by atoms with Gasteiger partial charge in [-0.2, -0.15) is 0 Å². The number of benzene rings is 4. The van der Waals surface area contributed by atoms with Crippen LogP contribution in [-0.4, -0.2) is 37.3 Å². The SMILES string of the molecule is CCN(CC)c1cc2c(c(-c3ccccc3C(=O)O)c1)C(Nc1ccccc1Cl)c1cccc(N(CC)CC)c1O2. The molecule has 0 aromatic heterocycles. The Bertz CT molecular complexity index is 1560. The normalized spacial score (nSPS) is 13.5. The number of hydrogen-bond donors (Lipinski definition) is 2. The van der Waals surface area contributed by atoms with E-state index in [0.717, 1.165) is 65.7 Å². The lowest BCUT2D eigenvalue weighted by Crippen LogP contribution is -2.26. The minimum atomic E-state index is -0.973. The van der Waals surface area contributed by atoms with Crippen molar-refractivity contribution >= 4 is 34.6 Å². The van der Waals surface area contributed by atoms with Gasteiger partial charge in [0.1, 0.15) is 5.75 Å². The molecular formula is C34H36ClN3O3. The zero-order valence-electron chi connectivity index (χ0n) is 23.9. The molecule has 5 rings (SSSR count). The molecule has 7 heteroatoms. The van der Waals surface area contributed by atoms with Crippen LogP contribution < -0.4 is 19.9 Å². The van der Waals surface area contributed by atoms with Crippen LogP contribution in [0.1, 0.15) is 55.2 Å². The molecule has 4 aromatic carbocycles. The Balaban J connectivity index is 1.84. The zero-order chi connectivity index (χ0) is 29.1. The van der Waals surface area contributed by atoms with E-state index in [2.05, 4.69) is 73.1 Å². The summed E-state index contributed by atoms with van der Waals surface area (Å²) < 4.78 is 6.84. The summed E-state index contributed by atoms with van der Waals surface area (Å²) in [6, 6.07) is 24.9. The number of rotatable bonds is 10. The molecule has 2 N–H and O–H groups in total. The number of anilines is 3. The van der Waals surface area contributed by atoms with Gasteiger partial charge in [0.2, 0.25) is 0 Å². The standard InChI is InChI=1S/C34H36ClN3O3/c1-5-37(6-2)22-20-26(23-14-9-10-15-24(23)34(39)40)31-30(21-22)41-33-25(16-13-19-29(33)38(7-3)8-4)32(31)36-28-18-12-11-17-27(28)35/h9-21,32,36H,5-8H2,1-4H3,(H,39,40). The van der Waals surface area contributed by atoms with Crippen LogP contribution in [0.5, 0.6) is 11.5 Å². The van der Waals surface area contributed by atoms with Crippen molar-refractivity contribution in [2.75, 3.05) is 41.3 Å². The largest absolute Gasteiger partial charge is 0.478 e. The summed E-state index contributed by atoms with van der Waals surface area (Å²) in [5, 5.41) is 14.5. The van der Waals surface area contributed by atoms with Crippen molar-refractivity contribution < 1.29 is 14.6 Å². The summed E-state index contributed by atoms with van der Waals surface area (Å²) in [4.78, 5) is 16.9. The van der Waals surface area contributed by atoms with Gasteiger partial charge in [-0.1, -0.05) is 54.1 Å². The van der Waals surface area contributed by atoms with Crippen LogP contribution in [-0.2, 0) is 0 Å². The highest BCUT2D eigenvalue weighted by Gasteiger charge is 2.34. The number of ether oxygens (including phenoxy) is 1. The number of aromatic carboxylic acids is 1. The summed E-state index contributed by atoms with van der Waals surface area (Å²) in [5.41, 5.74) is 6.32. The van der Waals surface area contributed by atoms with Crippen molar-refractivity contribution in [3.63, 3.8) is 0 Å². The second-order valence-electron chi connectivity index (χ2n) is 9.96. The molecule has 1 aliphatic heterocycles. The molecule has 0 saturated carbocycles. The molecule has 4 aromatic rings. The van der Waals surface area contributed by atoms with Gasteiger partial charge in [-0.25, -0.2) is 4.79 Å². The average Bonchev–Trinajstić information content (AvgIpc) is 2.99. The first kappa shape index (κ1) is 28.4. The Labute approximate surface area is 247 Å². The van der Waals surface area contributed by atoms with E-state index in [1.165, 1.54) is 0 Å². The summed E-state index contributed by atoms with van der Waals surface area (Å²) in [6.45, 7) is 11.8. The minimum Gasteiger partial charge on any atom is -0.478 e. The van der Waals surface area contributed by atoms with Crippen molar-refractivity contribution in [1.29, 1.82) is 0 Å². The van der Waals surface area contributed by atoms with E-state index in [1.807, 2.05) is 36.4 Å². The minimum absolute atomic E-state index is 0.241. The Hall–Kier alpha value is -4.16. The predicted molar refractivity (Wildman–Crippen MR) is 169 cm³/mol. The van der Waals surface area contributed by atoms with E-state index in [1.54, 1.807) is 12.1 Å². The molecule has 0 spiro atoms. The molecule has 0 radical (unpaired) electrons. The molecule has 1 heterocycles. The highest BCUT2D eigenvalue weighted by molar-refractivity contribution is 6.33. The third-order valence-corrected chi connectivity index (χ3v) is 8.15. The number of carboxylic acid groups (broad SMARTS) is 1. The van der Waals surface area contributed by atoms with Crippen molar-refractivity contribution in [1.82, 2.24) is 0 Å². The summed E-state index contributed by atoms with van der Waals surface area (Å²) in [5.74, 6) is 0.517. The monoisotopic (exact) mass is 569 g/mol.